The van der Waals surface area contributed by atoms with E-state index in [0.717, 1.165) is 31.5 Å². The van der Waals surface area contributed by atoms with Crippen molar-refractivity contribution in [1.82, 2.24) is 20.1 Å². The number of aromatic nitrogens is 4. The summed E-state index contributed by atoms with van der Waals surface area (Å²) in [6.07, 6.45) is 9.24. The van der Waals surface area contributed by atoms with Gasteiger partial charge in [0.15, 0.2) is 5.82 Å². The minimum atomic E-state index is -3.01. The highest BCUT2D eigenvalue weighted by molar-refractivity contribution is 7.91. The molecule has 1 aliphatic carbocycles. The molecule has 0 spiro atoms. The van der Waals surface area contributed by atoms with Crippen LogP contribution in [0.3, 0.4) is 0 Å². The molecule has 8 nitrogen and oxygen atoms in total. The summed E-state index contributed by atoms with van der Waals surface area (Å²) in [6, 6.07) is 0.366. The number of hydrogen-bond acceptors (Lipinski definition) is 8. The van der Waals surface area contributed by atoms with Crippen molar-refractivity contribution in [2.24, 2.45) is 0 Å². The Morgan fingerprint density at radius 3 is 2.72 bits per heavy atom. The Morgan fingerprint density at radius 2 is 2.04 bits per heavy atom. The molecule has 0 aromatic carbocycles. The molecule has 0 aliphatic heterocycles. The van der Waals surface area contributed by atoms with E-state index < -0.39 is 9.84 Å². The molecular weight excluding hydrogens is 342 g/mol. The molecular formula is C16H23N5O3S. The second-order valence-corrected chi connectivity index (χ2v) is 8.79. The van der Waals surface area contributed by atoms with Gasteiger partial charge in [-0.25, -0.2) is 13.4 Å². The van der Waals surface area contributed by atoms with Crippen molar-refractivity contribution >= 4 is 15.7 Å². The van der Waals surface area contributed by atoms with Crippen LogP contribution in [-0.2, 0) is 16.3 Å². The summed E-state index contributed by atoms with van der Waals surface area (Å²) in [7, 11) is -3.01. The van der Waals surface area contributed by atoms with Gasteiger partial charge in [0.2, 0.25) is 5.89 Å². The van der Waals surface area contributed by atoms with Gasteiger partial charge >= 0.3 is 0 Å². The molecule has 0 radical (unpaired) electrons. The zero-order chi connectivity index (χ0) is 17.7. The Bertz CT molecular complexity index is 770. The maximum Gasteiger partial charge on any atom is 0.229 e. The van der Waals surface area contributed by atoms with Crippen LogP contribution < -0.4 is 5.32 Å². The molecule has 3 rings (SSSR count). The lowest BCUT2D eigenvalue weighted by Gasteiger charge is -2.27. The van der Waals surface area contributed by atoms with E-state index in [1.807, 2.05) is 0 Å². The van der Waals surface area contributed by atoms with E-state index in [0.29, 0.717) is 24.2 Å². The first-order chi connectivity index (χ1) is 12.1. The van der Waals surface area contributed by atoms with Crippen LogP contribution in [-0.4, -0.2) is 46.1 Å². The predicted molar refractivity (Wildman–Crippen MR) is 93.0 cm³/mol. The Balaban J connectivity index is 1.50. The van der Waals surface area contributed by atoms with Crippen LogP contribution in [0.25, 0.3) is 0 Å². The SMILES string of the molecule is CCS(=O)(=O)CCc1noc(C2CCC(Nc3cnccn3)CC2)n1. The van der Waals surface area contributed by atoms with Gasteiger partial charge in [-0.3, -0.25) is 4.98 Å². The monoisotopic (exact) mass is 365 g/mol. The first-order valence-corrected chi connectivity index (χ1v) is 10.4. The fourth-order valence-electron chi connectivity index (χ4n) is 2.99. The van der Waals surface area contributed by atoms with Crippen LogP contribution in [0.5, 0.6) is 0 Å². The van der Waals surface area contributed by atoms with Gasteiger partial charge in [-0.15, -0.1) is 0 Å². The van der Waals surface area contributed by atoms with Crippen molar-refractivity contribution in [3.05, 3.63) is 30.3 Å². The van der Waals surface area contributed by atoms with Crippen molar-refractivity contribution in [3.8, 4) is 0 Å². The van der Waals surface area contributed by atoms with Gasteiger partial charge < -0.3 is 9.84 Å². The van der Waals surface area contributed by atoms with Crippen LogP contribution >= 0.6 is 0 Å². The molecule has 136 valence electrons. The number of nitrogens with one attached hydrogen (secondary N) is 1. The summed E-state index contributed by atoms with van der Waals surface area (Å²) in [5.41, 5.74) is 0. The number of rotatable bonds is 7. The Morgan fingerprint density at radius 1 is 1.24 bits per heavy atom. The number of anilines is 1. The lowest BCUT2D eigenvalue weighted by molar-refractivity contribution is 0.304. The van der Waals surface area contributed by atoms with Gasteiger partial charge in [-0.05, 0) is 25.7 Å². The molecule has 9 heteroatoms. The highest BCUT2D eigenvalue weighted by atomic mass is 32.2. The maximum absolute atomic E-state index is 11.6. The molecule has 1 saturated carbocycles. The third kappa shape index (κ3) is 4.97. The number of nitrogens with zero attached hydrogens (tertiary/aromatic N) is 4. The van der Waals surface area contributed by atoms with E-state index in [1.54, 1.807) is 25.5 Å². The predicted octanol–water partition coefficient (Wildman–Crippen LogP) is 1.98. The number of aryl methyl sites for hydroxylation is 1. The Labute approximate surface area is 147 Å². The van der Waals surface area contributed by atoms with Crippen molar-refractivity contribution in [2.75, 3.05) is 16.8 Å². The second kappa shape index (κ2) is 7.90. The maximum atomic E-state index is 11.6. The summed E-state index contributed by atoms with van der Waals surface area (Å²) >= 11 is 0. The molecule has 1 N–H and O–H groups in total. The average molecular weight is 365 g/mol. The van der Waals surface area contributed by atoms with Crippen LogP contribution in [0.4, 0.5) is 5.82 Å². The molecule has 2 heterocycles. The Kier molecular flexibility index (Phi) is 5.62. The molecule has 0 bridgehead atoms. The number of hydrogen-bond donors (Lipinski definition) is 1. The van der Waals surface area contributed by atoms with E-state index in [-0.39, 0.29) is 17.4 Å². The fourth-order valence-corrected chi connectivity index (χ4v) is 3.78. The van der Waals surface area contributed by atoms with Gasteiger partial charge in [0.25, 0.3) is 0 Å². The lowest BCUT2D eigenvalue weighted by atomic mass is 9.86. The van der Waals surface area contributed by atoms with Gasteiger partial charge in [-0.2, -0.15) is 4.98 Å². The standard InChI is InChI=1S/C16H23N5O3S/c1-2-25(22,23)10-7-14-20-16(24-21-14)12-3-5-13(6-4-12)19-15-11-17-8-9-18-15/h8-9,11-13H,2-7,10H2,1H3,(H,18,19). The number of sulfone groups is 1. The molecule has 0 saturated heterocycles. The zero-order valence-corrected chi connectivity index (χ0v) is 15.1. The highest BCUT2D eigenvalue weighted by Gasteiger charge is 2.26. The van der Waals surface area contributed by atoms with Crippen LogP contribution in [0.1, 0.15) is 50.2 Å². The first kappa shape index (κ1) is 17.8. The van der Waals surface area contributed by atoms with Crippen LogP contribution in [0.15, 0.2) is 23.1 Å². The quantitative estimate of drug-likeness (QED) is 0.793. The van der Waals surface area contributed by atoms with Gasteiger partial charge in [0.1, 0.15) is 15.7 Å². The van der Waals surface area contributed by atoms with Gasteiger partial charge in [0.05, 0.1) is 11.9 Å². The zero-order valence-electron chi connectivity index (χ0n) is 14.3. The highest BCUT2D eigenvalue weighted by Crippen LogP contribution is 2.32. The van der Waals surface area contributed by atoms with E-state index in [1.165, 1.54) is 0 Å². The fraction of sp³-hybridized carbons (Fsp3) is 0.625. The van der Waals surface area contributed by atoms with E-state index in [9.17, 15) is 8.42 Å². The van der Waals surface area contributed by atoms with Crippen LogP contribution in [0.2, 0.25) is 0 Å². The lowest BCUT2D eigenvalue weighted by Crippen LogP contribution is -2.26. The van der Waals surface area contributed by atoms with E-state index >= 15 is 0 Å². The molecule has 0 amide bonds. The van der Waals surface area contributed by atoms with Crippen molar-refractivity contribution in [3.63, 3.8) is 0 Å². The summed E-state index contributed by atoms with van der Waals surface area (Å²) in [6.45, 7) is 1.64. The van der Waals surface area contributed by atoms with Gasteiger partial charge in [-0.1, -0.05) is 12.1 Å². The third-order valence-corrected chi connectivity index (χ3v) is 6.26. The van der Waals surface area contributed by atoms with Crippen molar-refractivity contribution in [1.29, 1.82) is 0 Å². The summed E-state index contributed by atoms with van der Waals surface area (Å²) < 4.78 is 28.5. The molecule has 25 heavy (non-hydrogen) atoms. The first-order valence-electron chi connectivity index (χ1n) is 8.61. The summed E-state index contributed by atoms with van der Waals surface area (Å²) in [5.74, 6) is 2.35. The third-order valence-electron chi connectivity index (χ3n) is 4.55. The van der Waals surface area contributed by atoms with Crippen molar-refractivity contribution < 1.29 is 12.9 Å². The minimum absolute atomic E-state index is 0.0667. The molecule has 1 aliphatic rings. The Hall–Kier alpha value is -2.03. The van der Waals surface area contributed by atoms with E-state index in [2.05, 4.69) is 25.4 Å². The molecule has 0 atom stereocenters. The topological polar surface area (TPSA) is 111 Å². The molecule has 2 aromatic heterocycles. The van der Waals surface area contributed by atoms with Crippen LogP contribution in [0, 0.1) is 0 Å². The molecule has 2 aromatic rings. The summed E-state index contributed by atoms with van der Waals surface area (Å²) in [4.78, 5) is 12.7. The normalized spacial score (nSPS) is 21.2. The largest absolute Gasteiger partial charge is 0.366 e. The molecule has 1 fully saturated rings. The smallest absolute Gasteiger partial charge is 0.229 e. The second-order valence-electron chi connectivity index (χ2n) is 6.32. The van der Waals surface area contributed by atoms with Crippen molar-refractivity contribution in [2.45, 2.75) is 51.0 Å². The summed E-state index contributed by atoms with van der Waals surface area (Å²) in [5, 5.41) is 7.33. The van der Waals surface area contributed by atoms with E-state index in [4.69, 9.17) is 4.52 Å². The average Bonchev–Trinajstić information content (AvgIpc) is 3.11. The van der Waals surface area contributed by atoms with Gasteiger partial charge in [0, 0.05) is 36.5 Å². The minimum Gasteiger partial charge on any atom is -0.366 e. The molecule has 0 unspecified atom stereocenters.